The Hall–Kier alpha value is -1.10. The summed E-state index contributed by atoms with van der Waals surface area (Å²) in [5.74, 6) is -0.833. The molecule has 0 atom stereocenters. The van der Waals surface area contributed by atoms with Gasteiger partial charge >= 0.3 is 0 Å². The van der Waals surface area contributed by atoms with Gasteiger partial charge in [0.15, 0.2) is 0 Å². The first-order valence-electron chi connectivity index (χ1n) is 1.42. The molecule has 0 saturated carbocycles. The van der Waals surface area contributed by atoms with E-state index in [4.69, 9.17) is 19.8 Å². The Kier molecular flexibility index (Phi) is 33.2. The van der Waals surface area contributed by atoms with Crippen molar-refractivity contribution in [3.05, 3.63) is 0 Å². The van der Waals surface area contributed by atoms with Crippen molar-refractivity contribution in [2.75, 3.05) is 0 Å². The fraction of sp³-hybridized carbons (Fsp3) is 0.333. The SMILES string of the molecule is CC(=O)O.O.O=CO. The second kappa shape index (κ2) is 16.8. The molecule has 0 aromatic rings. The van der Waals surface area contributed by atoms with Crippen molar-refractivity contribution in [2.45, 2.75) is 6.92 Å². The van der Waals surface area contributed by atoms with E-state index in [0.717, 1.165) is 6.92 Å². The molecule has 5 heteroatoms. The molecule has 0 radical (unpaired) electrons. The minimum atomic E-state index is -0.833. The Morgan fingerprint density at radius 2 is 1.62 bits per heavy atom. The summed E-state index contributed by atoms with van der Waals surface area (Å²) in [6.45, 7) is 0.833. The first kappa shape index (κ1) is 15.8. The molecule has 0 aliphatic heterocycles. The second-order valence-corrected chi connectivity index (χ2v) is 0.624. The van der Waals surface area contributed by atoms with Gasteiger partial charge in [-0.15, -0.1) is 0 Å². The van der Waals surface area contributed by atoms with Crippen LogP contribution < -0.4 is 0 Å². The molecule has 0 aromatic heterocycles. The Morgan fingerprint density at radius 1 is 1.62 bits per heavy atom. The van der Waals surface area contributed by atoms with Crippen molar-refractivity contribution in [3.8, 4) is 0 Å². The van der Waals surface area contributed by atoms with Crippen LogP contribution in [0.1, 0.15) is 6.92 Å². The first-order valence-corrected chi connectivity index (χ1v) is 1.42. The summed E-state index contributed by atoms with van der Waals surface area (Å²) >= 11 is 0. The van der Waals surface area contributed by atoms with Crippen molar-refractivity contribution in [2.24, 2.45) is 0 Å². The van der Waals surface area contributed by atoms with E-state index in [1.165, 1.54) is 0 Å². The fourth-order valence-corrected chi connectivity index (χ4v) is 0. The van der Waals surface area contributed by atoms with Crippen LogP contribution in [0.2, 0.25) is 0 Å². The standard InChI is InChI=1S/C2H4O2.CH2O2.H2O/c1-2(3)4;2-1-3;/h1H3,(H,3,4);1H,(H,2,3);1H2. The van der Waals surface area contributed by atoms with Crippen LogP contribution in [0.5, 0.6) is 0 Å². The van der Waals surface area contributed by atoms with Gasteiger partial charge in [-0.05, 0) is 0 Å². The summed E-state index contributed by atoms with van der Waals surface area (Å²) in [7, 11) is 0. The van der Waals surface area contributed by atoms with E-state index in [2.05, 4.69) is 0 Å². The molecule has 8 heavy (non-hydrogen) atoms. The lowest BCUT2D eigenvalue weighted by atomic mass is 10.9. The zero-order valence-electron chi connectivity index (χ0n) is 4.29. The molecule has 0 saturated heterocycles. The topological polar surface area (TPSA) is 106 Å². The van der Waals surface area contributed by atoms with Gasteiger partial charge in [0, 0.05) is 6.92 Å². The summed E-state index contributed by atoms with van der Waals surface area (Å²) in [4.78, 5) is 17.4. The molecule has 0 amide bonds. The van der Waals surface area contributed by atoms with Gasteiger partial charge in [0.1, 0.15) is 0 Å². The van der Waals surface area contributed by atoms with E-state index < -0.39 is 5.97 Å². The average Bonchev–Trinajstić information content (AvgIpc) is 1.33. The average molecular weight is 124 g/mol. The third-order valence-electron chi connectivity index (χ3n) is 0. The van der Waals surface area contributed by atoms with Crippen LogP contribution in [-0.4, -0.2) is 28.1 Å². The molecule has 0 aliphatic rings. The van der Waals surface area contributed by atoms with E-state index >= 15 is 0 Å². The van der Waals surface area contributed by atoms with Gasteiger partial charge in [-0.1, -0.05) is 0 Å². The number of aliphatic carboxylic acids is 1. The lowest BCUT2D eigenvalue weighted by molar-refractivity contribution is -0.134. The highest BCUT2D eigenvalue weighted by molar-refractivity contribution is 5.62. The van der Waals surface area contributed by atoms with Crippen molar-refractivity contribution >= 4 is 12.4 Å². The zero-order valence-corrected chi connectivity index (χ0v) is 4.29. The normalized spacial score (nSPS) is 4.62. The predicted molar refractivity (Wildman–Crippen MR) is 25.6 cm³/mol. The smallest absolute Gasteiger partial charge is 0.300 e. The van der Waals surface area contributed by atoms with E-state index in [1.807, 2.05) is 0 Å². The molecular weight excluding hydrogens is 116 g/mol. The molecule has 4 N–H and O–H groups in total. The summed E-state index contributed by atoms with van der Waals surface area (Å²) in [5.41, 5.74) is 0. The molecule has 50 valence electrons. The molecule has 0 unspecified atom stereocenters. The van der Waals surface area contributed by atoms with Gasteiger partial charge in [-0.25, -0.2) is 0 Å². The number of carboxylic acid groups (broad SMARTS) is 2. The lowest BCUT2D eigenvalue weighted by Gasteiger charge is -1.59. The van der Waals surface area contributed by atoms with Crippen LogP contribution in [0.4, 0.5) is 0 Å². The third kappa shape index (κ3) is 61.6. The van der Waals surface area contributed by atoms with E-state index in [9.17, 15) is 0 Å². The number of carbonyl (C=O) groups is 2. The molecule has 0 bridgehead atoms. The molecule has 5 nitrogen and oxygen atoms in total. The Balaban J connectivity index is -0.0000000575. The monoisotopic (exact) mass is 124 g/mol. The summed E-state index contributed by atoms with van der Waals surface area (Å²) in [5, 5.41) is 14.3. The highest BCUT2D eigenvalue weighted by atomic mass is 16.4. The summed E-state index contributed by atoms with van der Waals surface area (Å²) in [6.07, 6.45) is 0. The van der Waals surface area contributed by atoms with Crippen molar-refractivity contribution in [1.82, 2.24) is 0 Å². The Bertz CT molecular complexity index is 54.7. The van der Waals surface area contributed by atoms with E-state index in [0.29, 0.717) is 0 Å². The van der Waals surface area contributed by atoms with Gasteiger partial charge in [0.2, 0.25) is 0 Å². The quantitative estimate of drug-likeness (QED) is 0.402. The first-order chi connectivity index (χ1) is 3.15. The largest absolute Gasteiger partial charge is 0.483 e. The van der Waals surface area contributed by atoms with E-state index in [-0.39, 0.29) is 11.9 Å². The van der Waals surface area contributed by atoms with E-state index in [1.54, 1.807) is 0 Å². The minimum Gasteiger partial charge on any atom is -0.483 e. The predicted octanol–water partition coefficient (Wildman–Crippen LogP) is -1.03. The van der Waals surface area contributed by atoms with Crippen molar-refractivity contribution in [1.29, 1.82) is 0 Å². The van der Waals surface area contributed by atoms with Gasteiger partial charge in [0.05, 0.1) is 0 Å². The zero-order chi connectivity index (χ0) is 6.28. The Labute approximate surface area is 45.9 Å². The Morgan fingerprint density at radius 3 is 1.62 bits per heavy atom. The fourth-order valence-electron chi connectivity index (χ4n) is 0. The number of rotatable bonds is 0. The van der Waals surface area contributed by atoms with Crippen LogP contribution in [-0.2, 0) is 9.59 Å². The summed E-state index contributed by atoms with van der Waals surface area (Å²) < 4.78 is 0. The minimum absolute atomic E-state index is 0. The van der Waals surface area contributed by atoms with Crippen molar-refractivity contribution < 1.29 is 25.3 Å². The molecule has 0 spiro atoms. The van der Waals surface area contributed by atoms with Gasteiger partial charge in [-0.3, -0.25) is 9.59 Å². The summed E-state index contributed by atoms with van der Waals surface area (Å²) in [6, 6.07) is 0. The third-order valence-corrected chi connectivity index (χ3v) is 0. The maximum atomic E-state index is 9.00. The van der Waals surface area contributed by atoms with Gasteiger partial charge in [0.25, 0.3) is 12.4 Å². The van der Waals surface area contributed by atoms with Crippen molar-refractivity contribution in [3.63, 3.8) is 0 Å². The highest BCUT2D eigenvalue weighted by Crippen LogP contribution is 1.42. The molecular formula is C3H8O5. The molecule has 0 aromatic carbocycles. The van der Waals surface area contributed by atoms with Crippen LogP contribution in [0.15, 0.2) is 0 Å². The number of hydrogen-bond donors (Lipinski definition) is 2. The van der Waals surface area contributed by atoms with Gasteiger partial charge < -0.3 is 15.7 Å². The number of carboxylic acids is 1. The lowest BCUT2D eigenvalue weighted by Crippen LogP contribution is -1.78. The molecule has 0 fully saturated rings. The molecule has 0 aliphatic carbocycles. The molecule has 0 rings (SSSR count). The van der Waals surface area contributed by atoms with Crippen LogP contribution in [0.25, 0.3) is 0 Å². The van der Waals surface area contributed by atoms with Crippen LogP contribution >= 0.6 is 0 Å². The highest BCUT2D eigenvalue weighted by Gasteiger charge is 1.65. The van der Waals surface area contributed by atoms with Gasteiger partial charge in [-0.2, -0.15) is 0 Å². The van der Waals surface area contributed by atoms with Crippen LogP contribution in [0, 0.1) is 0 Å². The second-order valence-electron chi connectivity index (χ2n) is 0.624. The number of hydrogen-bond acceptors (Lipinski definition) is 2. The molecule has 0 heterocycles. The maximum Gasteiger partial charge on any atom is 0.300 e. The maximum absolute atomic E-state index is 9.00. The van der Waals surface area contributed by atoms with Crippen LogP contribution in [0.3, 0.4) is 0 Å².